The first-order valence-corrected chi connectivity index (χ1v) is 7.17. The van der Waals surface area contributed by atoms with E-state index in [1.54, 1.807) is 19.1 Å². The van der Waals surface area contributed by atoms with Gasteiger partial charge in [-0.05, 0) is 38.1 Å². The predicted molar refractivity (Wildman–Crippen MR) is 85.6 cm³/mol. The number of hydrogen-bond donors (Lipinski definition) is 0. The lowest BCUT2D eigenvalue weighted by atomic mass is 10.1. The van der Waals surface area contributed by atoms with Crippen LogP contribution in [0.15, 0.2) is 42.5 Å². The Labute approximate surface area is 138 Å². The zero-order valence-corrected chi connectivity index (χ0v) is 13.1. The molecule has 0 atom stereocenters. The summed E-state index contributed by atoms with van der Waals surface area (Å²) >= 11 is 0. The molecule has 24 heavy (non-hydrogen) atoms. The highest BCUT2D eigenvalue weighted by atomic mass is 16.6. The van der Waals surface area contributed by atoms with Gasteiger partial charge in [-0.2, -0.15) is 0 Å². The third-order valence-electron chi connectivity index (χ3n) is 3.16. The van der Waals surface area contributed by atoms with Crippen molar-refractivity contribution in [3.63, 3.8) is 0 Å². The van der Waals surface area contributed by atoms with Gasteiger partial charge < -0.3 is 9.47 Å². The van der Waals surface area contributed by atoms with E-state index in [1.165, 1.54) is 31.2 Å². The Bertz CT molecular complexity index is 799. The number of benzene rings is 2. The van der Waals surface area contributed by atoms with Crippen molar-refractivity contribution < 1.29 is 24.0 Å². The first-order valence-electron chi connectivity index (χ1n) is 7.17. The van der Waals surface area contributed by atoms with Crippen LogP contribution in [0.1, 0.15) is 34.6 Å². The highest BCUT2D eigenvalue weighted by Gasteiger charge is 2.21. The Hall–Kier alpha value is -3.22. The van der Waals surface area contributed by atoms with Crippen molar-refractivity contribution in [3.8, 4) is 11.5 Å². The van der Waals surface area contributed by atoms with Crippen LogP contribution in [-0.2, 0) is 4.74 Å². The second-order valence-electron chi connectivity index (χ2n) is 4.81. The van der Waals surface area contributed by atoms with E-state index >= 15 is 0 Å². The molecule has 0 bridgehead atoms. The number of carbonyl (C=O) groups excluding carboxylic acids is 2. The summed E-state index contributed by atoms with van der Waals surface area (Å²) in [7, 11) is 0. The molecule has 0 aliphatic heterocycles. The quantitative estimate of drug-likeness (QED) is 0.346. The van der Waals surface area contributed by atoms with Gasteiger partial charge in [-0.25, -0.2) is 4.79 Å². The lowest BCUT2D eigenvalue weighted by Gasteiger charge is -2.11. The fraction of sp³-hybridized carbons (Fsp3) is 0.176. The van der Waals surface area contributed by atoms with Gasteiger partial charge in [-0.1, -0.05) is 12.1 Å². The molecule has 0 aliphatic rings. The molecular weight excluding hydrogens is 314 g/mol. The van der Waals surface area contributed by atoms with E-state index in [2.05, 4.69) is 0 Å². The van der Waals surface area contributed by atoms with Crippen LogP contribution < -0.4 is 4.74 Å². The largest absolute Gasteiger partial charge is 0.462 e. The molecule has 7 heteroatoms. The molecule has 0 heterocycles. The van der Waals surface area contributed by atoms with Gasteiger partial charge in [0.2, 0.25) is 5.75 Å². The van der Waals surface area contributed by atoms with E-state index in [0.717, 1.165) is 6.07 Å². The third-order valence-corrected chi connectivity index (χ3v) is 3.16. The number of hydrogen-bond acceptors (Lipinski definition) is 6. The summed E-state index contributed by atoms with van der Waals surface area (Å²) in [6, 6.07) is 10.2. The number of ketones is 1. The number of ether oxygens (including phenoxy) is 2. The summed E-state index contributed by atoms with van der Waals surface area (Å²) < 4.78 is 10.5. The molecular formula is C17H15NO6. The van der Waals surface area contributed by atoms with Gasteiger partial charge in [0.15, 0.2) is 5.78 Å². The molecule has 2 aromatic rings. The van der Waals surface area contributed by atoms with Crippen LogP contribution in [0, 0.1) is 10.1 Å². The van der Waals surface area contributed by atoms with Crippen LogP contribution in [0.2, 0.25) is 0 Å². The van der Waals surface area contributed by atoms with E-state index in [4.69, 9.17) is 9.47 Å². The minimum Gasteiger partial charge on any atom is -0.462 e. The summed E-state index contributed by atoms with van der Waals surface area (Å²) in [5.41, 5.74) is -0.00150. The van der Waals surface area contributed by atoms with Crippen molar-refractivity contribution in [1.29, 1.82) is 0 Å². The number of nitro groups is 1. The number of carbonyl (C=O) groups is 2. The molecule has 0 N–H and O–H groups in total. The Morgan fingerprint density at radius 3 is 2.46 bits per heavy atom. The van der Waals surface area contributed by atoms with Gasteiger partial charge in [-0.3, -0.25) is 14.9 Å². The van der Waals surface area contributed by atoms with E-state index in [0.29, 0.717) is 0 Å². The molecule has 124 valence electrons. The normalized spacial score (nSPS) is 10.1. The summed E-state index contributed by atoms with van der Waals surface area (Å²) in [6.45, 7) is 3.18. The molecule has 0 radical (unpaired) electrons. The lowest BCUT2D eigenvalue weighted by molar-refractivity contribution is -0.385. The van der Waals surface area contributed by atoms with Crippen molar-refractivity contribution >= 4 is 17.4 Å². The SMILES string of the molecule is CCOC(=O)c1ccccc1Oc1ccc(C(C)=O)cc1[N+](=O)[O-]. The second-order valence-corrected chi connectivity index (χ2v) is 4.81. The molecule has 0 aromatic heterocycles. The molecule has 0 fully saturated rings. The number of nitrogens with zero attached hydrogens (tertiary/aromatic N) is 1. The zero-order valence-electron chi connectivity index (χ0n) is 13.1. The van der Waals surface area contributed by atoms with E-state index in [1.807, 2.05) is 0 Å². The number of para-hydroxylation sites is 1. The molecule has 0 amide bonds. The maximum atomic E-state index is 11.9. The van der Waals surface area contributed by atoms with Gasteiger partial charge in [0.1, 0.15) is 11.3 Å². The highest BCUT2D eigenvalue weighted by Crippen LogP contribution is 2.34. The van der Waals surface area contributed by atoms with Crippen LogP contribution in [-0.4, -0.2) is 23.3 Å². The fourth-order valence-corrected chi connectivity index (χ4v) is 2.02. The molecule has 2 rings (SSSR count). The van der Waals surface area contributed by atoms with Crippen molar-refractivity contribution in [3.05, 3.63) is 63.7 Å². The predicted octanol–water partition coefficient (Wildman–Crippen LogP) is 3.77. The van der Waals surface area contributed by atoms with Crippen molar-refractivity contribution in [2.24, 2.45) is 0 Å². The van der Waals surface area contributed by atoms with Crippen LogP contribution >= 0.6 is 0 Å². The number of esters is 1. The van der Waals surface area contributed by atoms with Crippen LogP contribution in [0.3, 0.4) is 0 Å². The first-order chi connectivity index (χ1) is 11.4. The molecule has 2 aromatic carbocycles. The van der Waals surface area contributed by atoms with Crippen molar-refractivity contribution in [1.82, 2.24) is 0 Å². The summed E-state index contributed by atoms with van der Waals surface area (Å²) in [6.07, 6.45) is 0. The monoisotopic (exact) mass is 329 g/mol. The third kappa shape index (κ3) is 3.75. The van der Waals surface area contributed by atoms with E-state index in [9.17, 15) is 19.7 Å². The van der Waals surface area contributed by atoms with Crippen LogP contribution in [0.5, 0.6) is 11.5 Å². The van der Waals surface area contributed by atoms with Crippen molar-refractivity contribution in [2.75, 3.05) is 6.61 Å². The number of Topliss-reactive ketones (excluding diaryl/α,β-unsaturated/α-hetero) is 1. The molecule has 7 nitrogen and oxygen atoms in total. The molecule has 0 unspecified atom stereocenters. The van der Waals surface area contributed by atoms with Crippen molar-refractivity contribution in [2.45, 2.75) is 13.8 Å². The molecule has 0 spiro atoms. The lowest BCUT2D eigenvalue weighted by Crippen LogP contribution is -2.06. The fourth-order valence-electron chi connectivity index (χ4n) is 2.02. The molecule has 0 saturated carbocycles. The maximum Gasteiger partial charge on any atom is 0.341 e. The van der Waals surface area contributed by atoms with Crippen LogP contribution in [0.25, 0.3) is 0 Å². The number of rotatable bonds is 6. The topological polar surface area (TPSA) is 95.7 Å². The summed E-state index contributed by atoms with van der Waals surface area (Å²) in [4.78, 5) is 33.9. The summed E-state index contributed by atoms with van der Waals surface area (Å²) in [5.74, 6) is -0.816. The van der Waals surface area contributed by atoms with Gasteiger partial charge >= 0.3 is 11.7 Å². The standard InChI is InChI=1S/C17H15NO6/c1-3-23-17(20)13-6-4-5-7-15(13)24-16-9-8-12(11(2)19)10-14(16)18(21)22/h4-10H,3H2,1-2H3. The van der Waals surface area contributed by atoms with E-state index in [-0.39, 0.29) is 40.7 Å². The zero-order chi connectivity index (χ0) is 17.7. The van der Waals surface area contributed by atoms with Gasteiger partial charge in [-0.15, -0.1) is 0 Å². The van der Waals surface area contributed by atoms with Gasteiger partial charge in [0.05, 0.1) is 11.5 Å². The minimum absolute atomic E-state index is 0.0678. The average Bonchev–Trinajstić information content (AvgIpc) is 2.55. The maximum absolute atomic E-state index is 11.9. The average molecular weight is 329 g/mol. The Balaban J connectivity index is 2.43. The molecule has 0 aliphatic carbocycles. The minimum atomic E-state index is -0.644. The highest BCUT2D eigenvalue weighted by molar-refractivity contribution is 5.95. The second kappa shape index (κ2) is 7.36. The van der Waals surface area contributed by atoms with Gasteiger partial charge in [0.25, 0.3) is 0 Å². The Kier molecular flexibility index (Phi) is 5.26. The van der Waals surface area contributed by atoms with Crippen LogP contribution in [0.4, 0.5) is 5.69 Å². The first kappa shape index (κ1) is 17.1. The van der Waals surface area contributed by atoms with Gasteiger partial charge in [0, 0.05) is 11.6 Å². The van der Waals surface area contributed by atoms with E-state index < -0.39 is 10.9 Å². The Morgan fingerprint density at radius 1 is 1.12 bits per heavy atom. The smallest absolute Gasteiger partial charge is 0.341 e. The molecule has 0 saturated heterocycles. The number of nitro benzene ring substituents is 1. The Morgan fingerprint density at radius 2 is 1.83 bits per heavy atom. The summed E-state index contributed by atoms with van der Waals surface area (Å²) in [5, 5.41) is 11.2.